The molecule has 2 aromatic carbocycles. The standard InChI is InChI=1S/C24H20N4O4/c1-15-8-10-17(11-9-15)22-26-23(32-27-22)20-7-4-12-28(24(20)31)14-21(30)25-19-6-3-5-18(13-19)16(2)29/h3-13H,14H2,1-2H3,(H,25,30). The Kier molecular flexibility index (Phi) is 5.76. The number of anilines is 1. The molecule has 0 unspecified atom stereocenters. The van der Waals surface area contributed by atoms with Crippen molar-refractivity contribution in [1.29, 1.82) is 0 Å². The summed E-state index contributed by atoms with van der Waals surface area (Å²) in [6.45, 7) is 3.22. The van der Waals surface area contributed by atoms with Crippen molar-refractivity contribution in [2.24, 2.45) is 0 Å². The number of amides is 1. The van der Waals surface area contributed by atoms with E-state index < -0.39 is 11.5 Å². The molecule has 0 aliphatic carbocycles. The monoisotopic (exact) mass is 428 g/mol. The molecule has 4 rings (SSSR count). The van der Waals surface area contributed by atoms with Crippen molar-refractivity contribution in [3.8, 4) is 22.8 Å². The summed E-state index contributed by atoms with van der Waals surface area (Å²) in [4.78, 5) is 41.2. The Morgan fingerprint density at radius 3 is 2.59 bits per heavy atom. The molecular weight excluding hydrogens is 408 g/mol. The maximum Gasteiger partial charge on any atom is 0.263 e. The molecule has 0 fully saturated rings. The summed E-state index contributed by atoms with van der Waals surface area (Å²) in [5.74, 6) is -0.0576. The molecule has 0 spiro atoms. The minimum atomic E-state index is -0.431. The highest BCUT2D eigenvalue weighted by Crippen LogP contribution is 2.20. The second-order valence-corrected chi connectivity index (χ2v) is 7.33. The van der Waals surface area contributed by atoms with Crippen molar-refractivity contribution in [3.63, 3.8) is 0 Å². The Hall–Kier alpha value is -4.33. The van der Waals surface area contributed by atoms with Crippen LogP contribution in [0.3, 0.4) is 0 Å². The maximum atomic E-state index is 12.9. The number of hydrogen-bond donors (Lipinski definition) is 1. The van der Waals surface area contributed by atoms with E-state index in [0.717, 1.165) is 11.1 Å². The SMILES string of the molecule is CC(=O)c1cccc(NC(=O)Cn2cccc(-c3nc(-c4ccc(C)cc4)no3)c2=O)c1. The van der Waals surface area contributed by atoms with Gasteiger partial charge in [-0.1, -0.05) is 47.1 Å². The number of benzene rings is 2. The number of nitrogens with zero attached hydrogens (tertiary/aromatic N) is 3. The molecule has 32 heavy (non-hydrogen) atoms. The van der Waals surface area contributed by atoms with Gasteiger partial charge in [-0.05, 0) is 38.1 Å². The first-order chi connectivity index (χ1) is 15.4. The van der Waals surface area contributed by atoms with Gasteiger partial charge in [0.15, 0.2) is 5.78 Å². The van der Waals surface area contributed by atoms with Crippen LogP contribution in [0, 0.1) is 6.92 Å². The summed E-state index contributed by atoms with van der Waals surface area (Å²) in [6, 6.07) is 17.4. The van der Waals surface area contributed by atoms with Gasteiger partial charge in [-0.2, -0.15) is 4.98 Å². The number of rotatable bonds is 6. The number of aromatic nitrogens is 3. The summed E-state index contributed by atoms with van der Waals surface area (Å²) < 4.78 is 6.56. The predicted octanol–water partition coefficient (Wildman–Crippen LogP) is 3.72. The lowest BCUT2D eigenvalue weighted by Gasteiger charge is -2.09. The number of Topliss-reactive ketones (excluding diaryl/α,β-unsaturated/α-hetero) is 1. The summed E-state index contributed by atoms with van der Waals surface area (Å²) in [6.07, 6.45) is 1.51. The zero-order valence-electron chi connectivity index (χ0n) is 17.5. The highest BCUT2D eigenvalue weighted by atomic mass is 16.5. The Morgan fingerprint density at radius 2 is 1.84 bits per heavy atom. The number of nitrogens with one attached hydrogen (secondary N) is 1. The van der Waals surface area contributed by atoms with Crippen LogP contribution in [0.1, 0.15) is 22.8 Å². The smallest absolute Gasteiger partial charge is 0.263 e. The largest absolute Gasteiger partial charge is 0.333 e. The van der Waals surface area contributed by atoms with Crippen molar-refractivity contribution in [1.82, 2.24) is 14.7 Å². The van der Waals surface area contributed by atoms with Crippen molar-refractivity contribution in [2.45, 2.75) is 20.4 Å². The molecule has 8 heteroatoms. The molecule has 2 heterocycles. The van der Waals surface area contributed by atoms with E-state index in [2.05, 4.69) is 15.5 Å². The fourth-order valence-corrected chi connectivity index (χ4v) is 3.15. The Labute approximate surface area is 183 Å². The molecule has 0 aliphatic heterocycles. The van der Waals surface area contributed by atoms with Gasteiger partial charge in [0.1, 0.15) is 12.1 Å². The second-order valence-electron chi connectivity index (χ2n) is 7.33. The van der Waals surface area contributed by atoms with Crippen LogP contribution in [0.15, 0.2) is 76.2 Å². The van der Waals surface area contributed by atoms with Crippen molar-refractivity contribution in [2.75, 3.05) is 5.32 Å². The van der Waals surface area contributed by atoms with Gasteiger partial charge in [-0.15, -0.1) is 0 Å². The van der Waals surface area contributed by atoms with Gasteiger partial charge >= 0.3 is 0 Å². The molecule has 8 nitrogen and oxygen atoms in total. The number of aryl methyl sites for hydroxylation is 1. The van der Waals surface area contributed by atoms with E-state index in [-0.39, 0.29) is 23.8 Å². The molecule has 2 aromatic heterocycles. The van der Waals surface area contributed by atoms with Crippen molar-refractivity contribution in [3.05, 3.63) is 88.3 Å². The van der Waals surface area contributed by atoms with Gasteiger partial charge < -0.3 is 14.4 Å². The Morgan fingerprint density at radius 1 is 1.06 bits per heavy atom. The van der Waals surface area contributed by atoms with Gasteiger partial charge in [0.25, 0.3) is 11.4 Å². The topological polar surface area (TPSA) is 107 Å². The van der Waals surface area contributed by atoms with E-state index in [1.165, 1.54) is 17.7 Å². The third-order valence-corrected chi connectivity index (χ3v) is 4.85. The van der Waals surface area contributed by atoms with E-state index in [0.29, 0.717) is 17.1 Å². The Balaban J connectivity index is 1.53. The zero-order valence-corrected chi connectivity index (χ0v) is 17.5. The van der Waals surface area contributed by atoms with Crippen LogP contribution in [0.2, 0.25) is 0 Å². The normalized spacial score (nSPS) is 10.7. The molecule has 1 amide bonds. The Bertz CT molecular complexity index is 1350. The summed E-state index contributed by atoms with van der Waals surface area (Å²) in [5, 5.41) is 6.66. The molecule has 0 bridgehead atoms. The fraction of sp³-hybridized carbons (Fsp3) is 0.125. The lowest BCUT2D eigenvalue weighted by atomic mass is 10.1. The number of hydrogen-bond acceptors (Lipinski definition) is 6. The summed E-state index contributed by atoms with van der Waals surface area (Å²) in [5.41, 5.74) is 2.61. The van der Waals surface area contributed by atoms with Gasteiger partial charge in [-0.3, -0.25) is 14.4 Å². The fourth-order valence-electron chi connectivity index (χ4n) is 3.15. The van der Waals surface area contributed by atoms with Gasteiger partial charge in [0.05, 0.1) is 0 Å². The van der Waals surface area contributed by atoms with Crippen LogP contribution in [0.25, 0.3) is 22.8 Å². The average Bonchev–Trinajstić information content (AvgIpc) is 3.26. The quantitative estimate of drug-likeness (QED) is 0.469. The molecule has 160 valence electrons. The molecule has 0 radical (unpaired) electrons. The van der Waals surface area contributed by atoms with Crippen molar-refractivity contribution < 1.29 is 14.1 Å². The van der Waals surface area contributed by atoms with Gasteiger partial charge in [0, 0.05) is 23.0 Å². The third-order valence-electron chi connectivity index (χ3n) is 4.85. The predicted molar refractivity (Wildman–Crippen MR) is 119 cm³/mol. The van der Waals surface area contributed by atoms with Crippen LogP contribution in [-0.2, 0) is 11.3 Å². The average molecular weight is 428 g/mol. The minimum Gasteiger partial charge on any atom is -0.333 e. The summed E-state index contributed by atoms with van der Waals surface area (Å²) in [7, 11) is 0. The molecule has 0 saturated heterocycles. The second kappa shape index (κ2) is 8.81. The van der Waals surface area contributed by atoms with E-state index in [4.69, 9.17) is 4.52 Å². The first kappa shape index (κ1) is 20.9. The van der Waals surface area contributed by atoms with Crippen molar-refractivity contribution >= 4 is 17.4 Å². The van der Waals surface area contributed by atoms with E-state index >= 15 is 0 Å². The lowest BCUT2D eigenvalue weighted by molar-refractivity contribution is -0.116. The highest BCUT2D eigenvalue weighted by molar-refractivity contribution is 5.97. The number of ketones is 1. The van der Waals surface area contributed by atoms with Gasteiger partial charge in [0.2, 0.25) is 11.7 Å². The molecule has 4 aromatic rings. The third kappa shape index (κ3) is 4.54. The first-order valence-corrected chi connectivity index (χ1v) is 9.92. The summed E-state index contributed by atoms with van der Waals surface area (Å²) >= 11 is 0. The first-order valence-electron chi connectivity index (χ1n) is 9.92. The van der Waals surface area contributed by atoms with E-state index in [1.54, 1.807) is 36.4 Å². The molecule has 0 aliphatic rings. The maximum absolute atomic E-state index is 12.9. The lowest BCUT2D eigenvalue weighted by Crippen LogP contribution is -2.28. The number of carbonyl (C=O) groups is 2. The van der Waals surface area contributed by atoms with Crippen LogP contribution in [-0.4, -0.2) is 26.4 Å². The van der Waals surface area contributed by atoms with Crippen LogP contribution >= 0.6 is 0 Å². The van der Waals surface area contributed by atoms with E-state index in [9.17, 15) is 14.4 Å². The van der Waals surface area contributed by atoms with Crippen LogP contribution in [0.5, 0.6) is 0 Å². The van der Waals surface area contributed by atoms with Crippen LogP contribution < -0.4 is 10.9 Å². The van der Waals surface area contributed by atoms with Crippen LogP contribution in [0.4, 0.5) is 5.69 Å². The zero-order chi connectivity index (χ0) is 22.7. The molecular formula is C24H20N4O4. The highest BCUT2D eigenvalue weighted by Gasteiger charge is 2.16. The molecule has 0 saturated carbocycles. The van der Waals surface area contributed by atoms with E-state index in [1.807, 2.05) is 31.2 Å². The number of carbonyl (C=O) groups excluding carboxylic acids is 2. The minimum absolute atomic E-state index is 0.0782. The molecule has 0 atom stereocenters. The van der Waals surface area contributed by atoms with Gasteiger partial charge in [-0.25, -0.2) is 0 Å². The number of pyridine rings is 1. The molecule has 1 N–H and O–H groups in total.